The maximum Gasteiger partial charge on any atom is 0.280 e. The Bertz CT molecular complexity index is 953. The van der Waals surface area contributed by atoms with Gasteiger partial charge in [0, 0.05) is 28.3 Å². The second-order valence-corrected chi connectivity index (χ2v) is 13.2. The first-order valence-corrected chi connectivity index (χ1v) is 13.7. The van der Waals surface area contributed by atoms with E-state index in [1.807, 2.05) is 0 Å². The van der Waals surface area contributed by atoms with Gasteiger partial charge in [0.15, 0.2) is 5.01 Å². The van der Waals surface area contributed by atoms with E-state index in [0.717, 1.165) is 41.2 Å². The first-order chi connectivity index (χ1) is 15.5. The van der Waals surface area contributed by atoms with Crippen molar-refractivity contribution in [3.8, 4) is 10.4 Å². The van der Waals surface area contributed by atoms with Crippen LogP contribution in [-0.2, 0) is 17.3 Å². The molecule has 180 valence electrons. The molecule has 0 atom stereocenters. The van der Waals surface area contributed by atoms with Gasteiger partial charge in [-0.15, -0.1) is 11.3 Å². The van der Waals surface area contributed by atoms with E-state index in [-0.39, 0.29) is 16.7 Å². The van der Waals surface area contributed by atoms with Crippen LogP contribution in [0.25, 0.3) is 10.4 Å². The van der Waals surface area contributed by atoms with Crippen LogP contribution in [-0.4, -0.2) is 21.9 Å². The summed E-state index contributed by atoms with van der Waals surface area (Å²) in [5.74, 6) is 0.676. The lowest BCUT2D eigenvalue weighted by Crippen LogP contribution is -2.39. The van der Waals surface area contributed by atoms with E-state index >= 15 is 0 Å². The summed E-state index contributed by atoms with van der Waals surface area (Å²) in [7, 11) is 0. The minimum atomic E-state index is -0.0470. The number of carbonyl (C=O) groups excluding carboxylic acids is 1. The Kier molecular flexibility index (Phi) is 7.00. The molecule has 0 unspecified atom stereocenters. The van der Waals surface area contributed by atoms with Crippen molar-refractivity contribution in [3.63, 3.8) is 0 Å². The first kappa shape index (κ1) is 24.4. The minimum Gasteiger partial charge on any atom is -0.347 e. The van der Waals surface area contributed by atoms with Gasteiger partial charge in [-0.05, 0) is 49.3 Å². The highest BCUT2D eigenvalue weighted by Crippen LogP contribution is 2.38. The van der Waals surface area contributed by atoms with Crippen molar-refractivity contribution in [1.29, 1.82) is 0 Å². The quantitative estimate of drug-likeness (QED) is 0.505. The lowest BCUT2D eigenvalue weighted by Gasteiger charge is -2.25. The highest BCUT2D eigenvalue weighted by molar-refractivity contribution is 7.17. The number of pyridine rings is 1. The zero-order valence-corrected chi connectivity index (χ0v) is 22.2. The molecule has 1 amide bonds. The minimum absolute atomic E-state index is 0.00184. The number of amides is 1. The van der Waals surface area contributed by atoms with Crippen LogP contribution >= 0.6 is 11.3 Å². The third kappa shape index (κ3) is 5.85. The molecule has 2 aromatic rings. The highest BCUT2D eigenvalue weighted by atomic mass is 32.1. The summed E-state index contributed by atoms with van der Waals surface area (Å²) in [5.41, 5.74) is 4.39. The molecule has 4 nitrogen and oxygen atoms in total. The van der Waals surface area contributed by atoms with E-state index in [1.165, 1.54) is 44.1 Å². The lowest BCUT2D eigenvalue weighted by atomic mass is 9.84. The van der Waals surface area contributed by atoms with Crippen LogP contribution in [0.2, 0.25) is 0 Å². The number of carbonyl (C=O) groups is 1. The molecule has 0 spiro atoms. The lowest BCUT2D eigenvalue weighted by molar-refractivity contribution is 0.0916. The van der Waals surface area contributed by atoms with Crippen LogP contribution < -0.4 is 5.32 Å². The van der Waals surface area contributed by atoms with Crippen molar-refractivity contribution in [2.24, 2.45) is 5.92 Å². The monoisotopic (exact) mass is 467 g/mol. The first-order valence-electron chi connectivity index (χ1n) is 12.8. The summed E-state index contributed by atoms with van der Waals surface area (Å²) < 4.78 is 0. The van der Waals surface area contributed by atoms with Crippen LogP contribution in [0.4, 0.5) is 0 Å². The fourth-order valence-corrected chi connectivity index (χ4v) is 5.69. The van der Waals surface area contributed by atoms with Gasteiger partial charge in [0.2, 0.25) is 0 Å². The Balaban J connectivity index is 1.76. The van der Waals surface area contributed by atoms with Gasteiger partial charge in [-0.25, -0.2) is 4.98 Å². The third-order valence-corrected chi connectivity index (χ3v) is 8.31. The molecule has 0 aromatic carbocycles. The molecular weight excluding hydrogens is 426 g/mol. The van der Waals surface area contributed by atoms with Gasteiger partial charge >= 0.3 is 0 Å². The van der Waals surface area contributed by atoms with Crippen molar-refractivity contribution >= 4 is 17.2 Å². The van der Waals surface area contributed by atoms with Crippen molar-refractivity contribution in [3.05, 3.63) is 34.2 Å². The van der Waals surface area contributed by atoms with E-state index in [1.54, 1.807) is 11.3 Å². The predicted molar refractivity (Wildman–Crippen MR) is 138 cm³/mol. The van der Waals surface area contributed by atoms with Crippen molar-refractivity contribution in [2.75, 3.05) is 0 Å². The van der Waals surface area contributed by atoms with Crippen LogP contribution in [0.15, 0.2) is 12.1 Å². The maximum atomic E-state index is 13.0. The zero-order chi connectivity index (χ0) is 23.8. The molecule has 33 heavy (non-hydrogen) atoms. The Hall–Kier alpha value is -1.75. The van der Waals surface area contributed by atoms with Gasteiger partial charge < -0.3 is 5.32 Å². The summed E-state index contributed by atoms with van der Waals surface area (Å²) >= 11 is 1.57. The molecule has 2 saturated carbocycles. The molecule has 2 aromatic heterocycles. The van der Waals surface area contributed by atoms with E-state index in [0.29, 0.717) is 17.0 Å². The van der Waals surface area contributed by atoms with Gasteiger partial charge in [-0.3, -0.25) is 9.78 Å². The second kappa shape index (κ2) is 9.48. The molecule has 4 rings (SSSR count). The van der Waals surface area contributed by atoms with Crippen LogP contribution in [0.1, 0.15) is 120 Å². The number of hydrogen-bond donors (Lipinski definition) is 1. The number of aromatic nitrogens is 2. The molecule has 0 bridgehead atoms. The number of rotatable bonds is 5. The van der Waals surface area contributed by atoms with Gasteiger partial charge in [-0.1, -0.05) is 73.6 Å². The average molecular weight is 468 g/mol. The standard InChI is InChI=1S/C28H41N3OS/c1-27(2,3)22-16-19(17-23(31-22)28(4,5)6)24-21(15-18-11-8-7-9-12-18)30-26(33-24)25(32)29-20-13-10-14-20/h16-18,20H,7-15H2,1-6H3,(H,29,32). The van der Waals surface area contributed by atoms with E-state index in [2.05, 4.69) is 59.0 Å². The SMILES string of the molecule is CC(C)(C)c1cc(-c2sc(C(=O)NC3CCC3)nc2CC2CCCCC2)cc(C(C)(C)C)n1. The number of nitrogens with zero attached hydrogens (tertiary/aromatic N) is 2. The Morgan fingerprint density at radius 2 is 1.52 bits per heavy atom. The molecule has 0 radical (unpaired) electrons. The second-order valence-electron chi connectivity index (χ2n) is 12.2. The predicted octanol–water partition coefficient (Wildman–Crippen LogP) is 7.21. The normalized spacial score (nSPS) is 18.2. The van der Waals surface area contributed by atoms with E-state index < -0.39 is 0 Å². The van der Waals surface area contributed by atoms with Gasteiger partial charge in [0.1, 0.15) is 0 Å². The number of thiazole rings is 1. The van der Waals surface area contributed by atoms with E-state index in [9.17, 15) is 4.79 Å². The van der Waals surface area contributed by atoms with Crippen molar-refractivity contribution in [2.45, 2.75) is 116 Å². The molecule has 0 saturated heterocycles. The Labute approximate surface area is 204 Å². The third-order valence-electron chi connectivity index (χ3n) is 7.16. The maximum absolute atomic E-state index is 13.0. The average Bonchev–Trinajstić information content (AvgIpc) is 3.13. The van der Waals surface area contributed by atoms with Gasteiger partial charge in [0.25, 0.3) is 5.91 Å². The van der Waals surface area contributed by atoms with Crippen molar-refractivity contribution < 1.29 is 4.79 Å². The molecule has 5 heteroatoms. The largest absolute Gasteiger partial charge is 0.347 e. The number of nitrogens with one attached hydrogen (secondary N) is 1. The number of hydrogen-bond acceptors (Lipinski definition) is 4. The Morgan fingerprint density at radius 1 is 0.909 bits per heavy atom. The molecule has 2 aliphatic rings. The van der Waals surface area contributed by atoms with Crippen LogP contribution in [0.3, 0.4) is 0 Å². The topological polar surface area (TPSA) is 54.9 Å². The fourth-order valence-electron chi connectivity index (χ4n) is 4.71. The molecule has 1 N–H and O–H groups in total. The molecule has 2 fully saturated rings. The smallest absolute Gasteiger partial charge is 0.280 e. The highest BCUT2D eigenvalue weighted by Gasteiger charge is 2.28. The molecular formula is C28H41N3OS. The Morgan fingerprint density at radius 3 is 2.03 bits per heavy atom. The van der Waals surface area contributed by atoms with E-state index in [4.69, 9.17) is 9.97 Å². The van der Waals surface area contributed by atoms with Crippen molar-refractivity contribution in [1.82, 2.24) is 15.3 Å². The van der Waals surface area contributed by atoms with Crippen LogP contribution in [0, 0.1) is 5.92 Å². The summed E-state index contributed by atoms with van der Waals surface area (Å²) in [6.07, 6.45) is 10.9. The summed E-state index contributed by atoms with van der Waals surface area (Å²) in [5, 5.41) is 3.82. The zero-order valence-electron chi connectivity index (χ0n) is 21.4. The summed E-state index contributed by atoms with van der Waals surface area (Å²) in [6, 6.07) is 4.80. The molecule has 2 aliphatic carbocycles. The van der Waals surface area contributed by atoms with Gasteiger partial charge in [-0.2, -0.15) is 0 Å². The molecule has 0 aliphatic heterocycles. The summed E-state index contributed by atoms with van der Waals surface area (Å²) in [4.78, 5) is 24.2. The fraction of sp³-hybridized carbons (Fsp3) is 0.679. The summed E-state index contributed by atoms with van der Waals surface area (Å²) in [6.45, 7) is 13.3. The van der Waals surface area contributed by atoms with Crippen LogP contribution in [0.5, 0.6) is 0 Å². The molecule has 2 heterocycles. The van der Waals surface area contributed by atoms with Gasteiger partial charge in [0.05, 0.1) is 10.6 Å².